The van der Waals surface area contributed by atoms with Gasteiger partial charge in [0.1, 0.15) is 22.0 Å². The van der Waals surface area contributed by atoms with Crippen LogP contribution < -0.4 is 14.5 Å². The first-order valence-corrected chi connectivity index (χ1v) is 9.12. The molecule has 4 rings (SSSR count). The number of methoxy groups -OCH3 is 1. The Morgan fingerprint density at radius 1 is 1.08 bits per heavy atom. The molecule has 0 unspecified atom stereocenters. The van der Waals surface area contributed by atoms with E-state index in [9.17, 15) is 0 Å². The Morgan fingerprint density at radius 2 is 1.80 bits per heavy atom. The van der Waals surface area contributed by atoms with E-state index in [2.05, 4.69) is 42.7 Å². The van der Waals surface area contributed by atoms with E-state index in [1.807, 2.05) is 0 Å². The van der Waals surface area contributed by atoms with Gasteiger partial charge in [0.15, 0.2) is 5.82 Å². The van der Waals surface area contributed by atoms with Crippen LogP contribution in [0.15, 0.2) is 18.6 Å². The summed E-state index contributed by atoms with van der Waals surface area (Å²) in [6, 6.07) is 2.49. The van der Waals surface area contributed by atoms with E-state index in [4.69, 9.17) is 16.3 Å². The third kappa shape index (κ3) is 3.07. The van der Waals surface area contributed by atoms with Crippen LogP contribution in [0.4, 0.5) is 11.6 Å². The fourth-order valence-electron chi connectivity index (χ4n) is 3.01. The summed E-state index contributed by atoms with van der Waals surface area (Å²) in [5, 5.41) is 1.66. The molecule has 0 radical (unpaired) electrons. The van der Waals surface area contributed by atoms with Crippen molar-refractivity contribution in [2.75, 3.05) is 43.1 Å². The van der Waals surface area contributed by atoms with Gasteiger partial charge in [-0.25, -0.2) is 15.0 Å². The van der Waals surface area contributed by atoms with Crippen molar-refractivity contribution >= 4 is 44.8 Å². The van der Waals surface area contributed by atoms with Gasteiger partial charge in [-0.1, -0.05) is 11.6 Å². The van der Waals surface area contributed by atoms with E-state index in [-0.39, 0.29) is 0 Å². The fourth-order valence-corrected chi connectivity index (χ4v) is 4.06. The number of rotatable bonds is 3. The van der Waals surface area contributed by atoms with Gasteiger partial charge in [-0.2, -0.15) is 4.98 Å². The number of aryl methyl sites for hydroxylation is 1. The lowest BCUT2D eigenvalue weighted by atomic mass is 10.2. The van der Waals surface area contributed by atoms with Crippen LogP contribution in [0.5, 0.6) is 6.01 Å². The van der Waals surface area contributed by atoms with Gasteiger partial charge >= 0.3 is 6.01 Å². The summed E-state index contributed by atoms with van der Waals surface area (Å²) < 4.78 is 5.11. The molecule has 0 amide bonds. The summed E-state index contributed by atoms with van der Waals surface area (Å²) in [5.74, 6) is 1.72. The van der Waals surface area contributed by atoms with Crippen LogP contribution in [0.3, 0.4) is 0 Å². The van der Waals surface area contributed by atoms with Crippen LogP contribution in [0, 0.1) is 6.92 Å². The number of aromatic nitrogens is 4. The maximum absolute atomic E-state index is 6.27. The monoisotopic (exact) mass is 376 g/mol. The van der Waals surface area contributed by atoms with Gasteiger partial charge in [0, 0.05) is 31.1 Å². The average molecular weight is 377 g/mol. The molecule has 0 N–H and O–H groups in total. The molecule has 1 aliphatic rings. The molecule has 0 spiro atoms. The maximum atomic E-state index is 6.27. The van der Waals surface area contributed by atoms with E-state index in [1.54, 1.807) is 31.0 Å². The van der Waals surface area contributed by atoms with E-state index in [0.717, 1.165) is 42.2 Å². The van der Waals surface area contributed by atoms with Crippen molar-refractivity contribution in [1.29, 1.82) is 0 Å². The first kappa shape index (κ1) is 16.3. The molecule has 3 aromatic rings. The molecule has 1 aliphatic heterocycles. The number of thiophene rings is 1. The molecule has 0 atom stereocenters. The minimum Gasteiger partial charge on any atom is -0.467 e. The van der Waals surface area contributed by atoms with Crippen molar-refractivity contribution < 1.29 is 4.74 Å². The van der Waals surface area contributed by atoms with Gasteiger partial charge in [-0.3, -0.25) is 0 Å². The Kier molecular flexibility index (Phi) is 4.30. The van der Waals surface area contributed by atoms with Crippen molar-refractivity contribution in [3.63, 3.8) is 0 Å². The van der Waals surface area contributed by atoms with Gasteiger partial charge in [0.2, 0.25) is 0 Å². The summed E-state index contributed by atoms with van der Waals surface area (Å²) in [5.41, 5.74) is 0. The highest BCUT2D eigenvalue weighted by Crippen LogP contribution is 2.31. The number of hydrogen-bond acceptors (Lipinski definition) is 8. The fraction of sp³-hybridized carbons (Fsp3) is 0.375. The van der Waals surface area contributed by atoms with Gasteiger partial charge in [0.25, 0.3) is 0 Å². The molecule has 1 fully saturated rings. The summed E-state index contributed by atoms with van der Waals surface area (Å²) in [6.45, 7) is 5.37. The highest BCUT2D eigenvalue weighted by Gasteiger charge is 2.23. The van der Waals surface area contributed by atoms with E-state index < -0.39 is 0 Å². The van der Waals surface area contributed by atoms with E-state index in [1.165, 1.54) is 4.88 Å². The average Bonchev–Trinajstić information content (AvgIpc) is 3.02. The van der Waals surface area contributed by atoms with Crippen LogP contribution >= 0.6 is 22.9 Å². The molecule has 0 bridgehead atoms. The number of nitrogens with zero attached hydrogens (tertiary/aromatic N) is 6. The molecule has 7 nitrogen and oxygen atoms in total. The van der Waals surface area contributed by atoms with Gasteiger partial charge in [-0.05, 0) is 13.0 Å². The molecular weight excluding hydrogens is 360 g/mol. The quantitative estimate of drug-likeness (QED) is 0.696. The lowest BCUT2D eigenvalue weighted by molar-refractivity contribution is 0.379. The molecule has 4 heterocycles. The van der Waals surface area contributed by atoms with Gasteiger partial charge in [-0.15, -0.1) is 11.3 Å². The number of ether oxygens (including phenoxy) is 1. The van der Waals surface area contributed by atoms with Crippen LogP contribution in [-0.4, -0.2) is 53.2 Å². The lowest BCUT2D eigenvalue weighted by Crippen LogP contribution is -2.47. The summed E-state index contributed by atoms with van der Waals surface area (Å²) >= 11 is 7.96. The van der Waals surface area contributed by atoms with Crippen LogP contribution in [0.2, 0.25) is 5.02 Å². The van der Waals surface area contributed by atoms with Crippen molar-refractivity contribution in [3.05, 3.63) is 28.5 Å². The minimum absolute atomic E-state index is 0.327. The molecule has 3 aromatic heterocycles. The Balaban J connectivity index is 1.55. The zero-order valence-electron chi connectivity index (χ0n) is 13.9. The number of anilines is 2. The number of fused-ring (bicyclic) bond motifs is 1. The topological polar surface area (TPSA) is 67.3 Å². The van der Waals surface area contributed by atoms with Crippen LogP contribution in [-0.2, 0) is 0 Å². The zero-order chi connectivity index (χ0) is 17.4. The Hall–Kier alpha value is -2.19. The van der Waals surface area contributed by atoms with Crippen molar-refractivity contribution in [2.24, 2.45) is 0 Å². The normalized spacial score (nSPS) is 15.0. The molecule has 25 heavy (non-hydrogen) atoms. The first-order chi connectivity index (χ1) is 12.2. The van der Waals surface area contributed by atoms with E-state index in [0.29, 0.717) is 16.9 Å². The predicted molar refractivity (Wildman–Crippen MR) is 100 cm³/mol. The Morgan fingerprint density at radius 3 is 2.52 bits per heavy atom. The number of piperazine rings is 1. The number of hydrogen-bond donors (Lipinski definition) is 0. The highest BCUT2D eigenvalue weighted by molar-refractivity contribution is 7.18. The largest absolute Gasteiger partial charge is 0.467 e. The summed E-state index contributed by atoms with van der Waals surface area (Å²) in [4.78, 5) is 24.0. The molecule has 0 saturated carbocycles. The molecule has 0 aliphatic carbocycles. The predicted octanol–water partition coefficient (Wildman–Crippen LogP) is 2.78. The highest BCUT2D eigenvalue weighted by atomic mass is 35.5. The Bertz CT molecular complexity index is 909. The van der Waals surface area contributed by atoms with Crippen molar-refractivity contribution in [3.8, 4) is 6.01 Å². The molecule has 130 valence electrons. The van der Waals surface area contributed by atoms with Crippen molar-refractivity contribution in [2.45, 2.75) is 6.92 Å². The second kappa shape index (κ2) is 6.61. The van der Waals surface area contributed by atoms with Gasteiger partial charge in [0.05, 0.1) is 18.7 Å². The molecule has 0 aromatic carbocycles. The molecule has 9 heteroatoms. The molecular formula is C16H17ClN6OS. The maximum Gasteiger partial charge on any atom is 0.318 e. The standard InChI is InChI=1S/C16H17ClN6OS/c1-10-7-11-13(19-9-20-15(11)25-10)22-3-5-23(6-4-22)14-12(17)8-18-16(21-14)24-2/h7-9H,3-6H2,1-2H3. The van der Waals surface area contributed by atoms with Crippen LogP contribution in [0.25, 0.3) is 10.2 Å². The summed E-state index contributed by atoms with van der Waals surface area (Å²) in [7, 11) is 1.55. The van der Waals surface area contributed by atoms with Crippen molar-refractivity contribution in [1.82, 2.24) is 19.9 Å². The minimum atomic E-state index is 0.327. The third-order valence-electron chi connectivity index (χ3n) is 4.20. The smallest absolute Gasteiger partial charge is 0.318 e. The third-order valence-corrected chi connectivity index (χ3v) is 5.42. The lowest BCUT2D eigenvalue weighted by Gasteiger charge is -2.36. The van der Waals surface area contributed by atoms with E-state index >= 15 is 0 Å². The van der Waals surface area contributed by atoms with Crippen LogP contribution in [0.1, 0.15) is 4.88 Å². The Labute approximate surface area is 154 Å². The zero-order valence-corrected chi connectivity index (χ0v) is 15.5. The summed E-state index contributed by atoms with van der Waals surface area (Å²) in [6.07, 6.45) is 3.23. The molecule has 1 saturated heterocycles. The first-order valence-electron chi connectivity index (χ1n) is 7.93. The number of halogens is 1. The second-order valence-corrected chi connectivity index (χ2v) is 7.42. The SMILES string of the molecule is COc1ncc(Cl)c(N2CCN(c3ncnc4sc(C)cc34)CC2)n1. The van der Waals surface area contributed by atoms with Gasteiger partial charge < -0.3 is 14.5 Å². The second-order valence-electron chi connectivity index (χ2n) is 5.78.